The van der Waals surface area contributed by atoms with Crippen molar-refractivity contribution in [2.24, 2.45) is 0 Å². The van der Waals surface area contributed by atoms with Crippen molar-refractivity contribution in [3.05, 3.63) is 12.2 Å². The van der Waals surface area contributed by atoms with Gasteiger partial charge in [-0.1, -0.05) is 38.0 Å². The maximum Gasteiger partial charge on any atom is 0.331 e. The molecule has 0 N–H and O–H groups in total. The fourth-order valence-corrected chi connectivity index (χ4v) is 0.949. The van der Waals surface area contributed by atoms with Gasteiger partial charge in [0, 0.05) is 12.5 Å². The highest BCUT2D eigenvalue weighted by molar-refractivity contribution is 5.82. The standard InChI is InChI=1S/C12H18O2/c1-3-4-5-6-7-8-9-10-11-12(13)14-2/h10-11H,3-7H2,1-2H3/b11-10-. The van der Waals surface area contributed by atoms with Crippen molar-refractivity contribution < 1.29 is 9.53 Å². The van der Waals surface area contributed by atoms with Crippen LogP contribution in [0.25, 0.3) is 0 Å². The van der Waals surface area contributed by atoms with Crippen LogP contribution < -0.4 is 0 Å². The normalized spacial score (nSPS) is 9.57. The number of unbranched alkanes of at least 4 members (excludes halogenated alkanes) is 4. The third kappa shape index (κ3) is 8.86. The summed E-state index contributed by atoms with van der Waals surface area (Å²) in [4.78, 5) is 10.6. The van der Waals surface area contributed by atoms with E-state index >= 15 is 0 Å². The Morgan fingerprint density at radius 2 is 2.14 bits per heavy atom. The number of carbonyl (C=O) groups is 1. The van der Waals surface area contributed by atoms with Crippen molar-refractivity contribution in [3.63, 3.8) is 0 Å². The zero-order chi connectivity index (χ0) is 10.6. The first-order chi connectivity index (χ1) is 6.81. The molecule has 0 aromatic rings. The van der Waals surface area contributed by atoms with E-state index in [0.29, 0.717) is 0 Å². The highest BCUT2D eigenvalue weighted by Gasteiger charge is 1.86. The molecule has 0 atom stereocenters. The molecule has 0 radical (unpaired) electrons. The number of rotatable bonds is 5. The van der Waals surface area contributed by atoms with Gasteiger partial charge in [-0.15, -0.1) is 0 Å². The third-order valence-corrected chi connectivity index (χ3v) is 1.76. The van der Waals surface area contributed by atoms with E-state index in [1.54, 1.807) is 0 Å². The molecule has 0 aliphatic carbocycles. The summed E-state index contributed by atoms with van der Waals surface area (Å²) in [5.74, 6) is 5.42. The maximum atomic E-state index is 10.6. The molecule has 0 saturated carbocycles. The fraction of sp³-hybridized carbons (Fsp3) is 0.583. The van der Waals surface area contributed by atoms with Gasteiger partial charge in [0.15, 0.2) is 0 Å². The minimum absolute atomic E-state index is 0.356. The Bertz CT molecular complexity index is 230. The molecule has 0 bridgehead atoms. The van der Waals surface area contributed by atoms with Crippen molar-refractivity contribution in [3.8, 4) is 11.8 Å². The molecule has 0 amide bonds. The molecule has 2 nitrogen and oxygen atoms in total. The highest BCUT2D eigenvalue weighted by atomic mass is 16.5. The van der Waals surface area contributed by atoms with Crippen LogP contribution >= 0.6 is 0 Å². The number of methoxy groups -OCH3 is 1. The molecular weight excluding hydrogens is 176 g/mol. The summed E-state index contributed by atoms with van der Waals surface area (Å²) >= 11 is 0. The second-order valence-electron chi connectivity index (χ2n) is 2.99. The molecule has 0 rings (SSSR count). The van der Waals surface area contributed by atoms with Crippen molar-refractivity contribution in [2.75, 3.05) is 7.11 Å². The summed E-state index contributed by atoms with van der Waals surface area (Å²) in [5, 5.41) is 0. The van der Waals surface area contributed by atoms with Crippen LogP contribution in [0.4, 0.5) is 0 Å². The maximum absolute atomic E-state index is 10.6. The van der Waals surface area contributed by atoms with Gasteiger partial charge in [0.2, 0.25) is 0 Å². The molecule has 0 aromatic heterocycles. The fourth-order valence-electron chi connectivity index (χ4n) is 0.949. The minimum atomic E-state index is -0.356. The molecule has 0 aromatic carbocycles. The smallest absolute Gasteiger partial charge is 0.331 e. The summed E-state index contributed by atoms with van der Waals surface area (Å²) in [5.41, 5.74) is 0. The van der Waals surface area contributed by atoms with E-state index in [2.05, 4.69) is 23.5 Å². The lowest BCUT2D eigenvalue weighted by atomic mass is 10.2. The van der Waals surface area contributed by atoms with Gasteiger partial charge in [0.05, 0.1) is 7.11 Å². The summed E-state index contributed by atoms with van der Waals surface area (Å²) in [6.07, 6.45) is 8.68. The van der Waals surface area contributed by atoms with E-state index in [4.69, 9.17) is 0 Å². The lowest BCUT2D eigenvalue weighted by Crippen LogP contribution is -1.92. The summed E-state index contributed by atoms with van der Waals surface area (Å²) in [7, 11) is 1.35. The van der Waals surface area contributed by atoms with E-state index in [-0.39, 0.29) is 5.97 Å². The van der Waals surface area contributed by atoms with Gasteiger partial charge in [-0.2, -0.15) is 0 Å². The molecule has 0 unspecified atom stereocenters. The third-order valence-electron chi connectivity index (χ3n) is 1.76. The largest absolute Gasteiger partial charge is 0.466 e. The molecule has 0 saturated heterocycles. The van der Waals surface area contributed by atoms with Crippen molar-refractivity contribution in [2.45, 2.75) is 39.0 Å². The molecule has 0 heterocycles. The molecule has 0 fully saturated rings. The van der Waals surface area contributed by atoms with Crippen molar-refractivity contribution >= 4 is 5.97 Å². The Balaban J connectivity index is 3.43. The summed E-state index contributed by atoms with van der Waals surface area (Å²) < 4.78 is 4.42. The number of hydrogen-bond acceptors (Lipinski definition) is 2. The number of hydrogen-bond donors (Lipinski definition) is 0. The molecule has 2 heteroatoms. The quantitative estimate of drug-likeness (QED) is 0.291. The van der Waals surface area contributed by atoms with Crippen LogP contribution in [0.1, 0.15) is 39.0 Å². The van der Waals surface area contributed by atoms with Gasteiger partial charge < -0.3 is 4.74 Å². The Kier molecular flexibility index (Phi) is 8.99. The topological polar surface area (TPSA) is 26.3 Å². The van der Waals surface area contributed by atoms with E-state index in [1.165, 1.54) is 38.5 Å². The Labute approximate surface area is 86.3 Å². The summed E-state index contributed by atoms with van der Waals surface area (Å²) in [6.45, 7) is 2.19. The SMILES string of the molecule is CCCCCCC#C/C=C\C(=O)OC. The molecule has 0 spiro atoms. The zero-order valence-electron chi connectivity index (χ0n) is 9.01. The van der Waals surface area contributed by atoms with Gasteiger partial charge in [0.1, 0.15) is 0 Å². The van der Waals surface area contributed by atoms with Crippen LogP contribution in [0, 0.1) is 11.8 Å². The predicted octanol–water partition coefficient (Wildman–Crippen LogP) is 2.69. The Morgan fingerprint density at radius 1 is 1.36 bits per heavy atom. The predicted molar refractivity (Wildman–Crippen MR) is 57.7 cm³/mol. The van der Waals surface area contributed by atoms with Gasteiger partial charge >= 0.3 is 5.97 Å². The lowest BCUT2D eigenvalue weighted by Gasteiger charge is -1.91. The van der Waals surface area contributed by atoms with E-state index < -0.39 is 0 Å². The van der Waals surface area contributed by atoms with Gasteiger partial charge in [-0.25, -0.2) is 4.79 Å². The van der Waals surface area contributed by atoms with Crippen LogP contribution in [-0.4, -0.2) is 13.1 Å². The van der Waals surface area contributed by atoms with Crippen LogP contribution in [0.5, 0.6) is 0 Å². The van der Waals surface area contributed by atoms with Crippen LogP contribution in [-0.2, 0) is 9.53 Å². The molecule has 0 aliphatic heterocycles. The molecule has 14 heavy (non-hydrogen) atoms. The monoisotopic (exact) mass is 194 g/mol. The van der Waals surface area contributed by atoms with Crippen LogP contribution in [0.2, 0.25) is 0 Å². The van der Waals surface area contributed by atoms with Gasteiger partial charge in [-0.05, 0) is 12.5 Å². The highest BCUT2D eigenvalue weighted by Crippen LogP contribution is 2.00. The summed E-state index contributed by atoms with van der Waals surface area (Å²) in [6, 6.07) is 0. The average molecular weight is 194 g/mol. The van der Waals surface area contributed by atoms with Crippen LogP contribution in [0.15, 0.2) is 12.2 Å². The first kappa shape index (κ1) is 12.8. The van der Waals surface area contributed by atoms with Gasteiger partial charge in [-0.3, -0.25) is 0 Å². The number of allylic oxidation sites excluding steroid dienone is 1. The molecule has 78 valence electrons. The first-order valence-corrected chi connectivity index (χ1v) is 5.04. The van der Waals surface area contributed by atoms with E-state index in [1.807, 2.05) is 0 Å². The van der Waals surface area contributed by atoms with Crippen LogP contribution in [0.3, 0.4) is 0 Å². The molecule has 0 aliphatic rings. The number of carbonyl (C=O) groups excluding carboxylic acids is 1. The zero-order valence-corrected chi connectivity index (χ0v) is 9.01. The number of esters is 1. The van der Waals surface area contributed by atoms with Crippen molar-refractivity contribution in [1.82, 2.24) is 0 Å². The average Bonchev–Trinajstić information content (AvgIpc) is 2.21. The van der Waals surface area contributed by atoms with Crippen molar-refractivity contribution in [1.29, 1.82) is 0 Å². The second-order valence-corrected chi connectivity index (χ2v) is 2.99. The Morgan fingerprint density at radius 3 is 2.79 bits per heavy atom. The second kappa shape index (κ2) is 9.85. The number of ether oxygens (including phenoxy) is 1. The minimum Gasteiger partial charge on any atom is -0.466 e. The van der Waals surface area contributed by atoms with E-state index in [9.17, 15) is 4.79 Å². The molecular formula is C12H18O2. The lowest BCUT2D eigenvalue weighted by molar-refractivity contribution is -0.134. The first-order valence-electron chi connectivity index (χ1n) is 5.04. The van der Waals surface area contributed by atoms with Gasteiger partial charge in [0.25, 0.3) is 0 Å². The van der Waals surface area contributed by atoms with E-state index in [0.717, 1.165) is 12.8 Å². The Hall–Kier alpha value is -1.23.